The molecule has 0 unspecified atom stereocenters. The number of likely N-dealkylation sites (tertiary alicyclic amines) is 1. The molecule has 0 bridgehead atoms. The van der Waals surface area contributed by atoms with Crippen LogP contribution in [0.4, 0.5) is 0 Å². The van der Waals surface area contributed by atoms with Crippen molar-refractivity contribution in [2.45, 2.75) is 30.3 Å². The van der Waals surface area contributed by atoms with E-state index in [1.165, 1.54) is 17.7 Å². The van der Waals surface area contributed by atoms with Crippen molar-refractivity contribution in [3.63, 3.8) is 0 Å². The number of sulfonamides is 1. The minimum Gasteiger partial charge on any atom is -0.299 e. The van der Waals surface area contributed by atoms with Crippen LogP contribution in [-0.2, 0) is 16.6 Å². The zero-order chi connectivity index (χ0) is 18.7. The Morgan fingerprint density at radius 2 is 1.54 bits per heavy atom. The predicted molar refractivity (Wildman–Crippen MR) is 107 cm³/mol. The molecule has 4 nitrogen and oxygen atoms in total. The van der Waals surface area contributed by atoms with E-state index >= 15 is 0 Å². The van der Waals surface area contributed by atoms with E-state index < -0.39 is 10.0 Å². The molecule has 1 aliphatic heterocycles. The monoisotopic (exact) mass is 432 g/mol. The van der Waals surface area contributed by atoms with E-state index in [-0.39, 0.29) is 21.0 Å². The first kappa shape index (κ1) is 19.9. The summed E-state index contributed by atoms with van der Waals surface area (Å²) in [7, 11) is -3.75. The van der Waals surface area contributed by atoms with Gasteiger partial charge in [0.15, 0.2) is 0 Å². The number of nitrogens with zero attached hydrogens (tertiary/aromatic N) is 1. The highest BCUT2D eigenvalue weighted by molar-refractivity contribution is 7.89. The molecule has 1 aliphatic rings. The second-order valence-corrected chi connectivity index (χ2v) is 9.25. The molecule has 1 saturated heterocycles. The van der Waals surface area contributed by atoms with Gasteiger partial charge >= 0.3 is 0 Å². The lowest BCUT2D eigenvalue weighted by Gasteiger charge is -2.32. The summed E-state index contributed by atoms with van der Waals surface area (Å²) in [4.78, 5) is 2.25. The number of benzene rings is 2. The van der Waals surface area contributed by atoms with E-state index in [1.54, 1.807) is 6.07 Å². The Labute approximate surface area is 169 Å². The quantitative estimate of drug-likeness (QED) is 0.750. The van der Waals surface area contributed by atoms with E-state index in [0.717, 1.165) is 37.5 Å². The Morgan fingerprint density at radius 1 is 0.962 bits per heavy atom. The Kier molecular flexibility index (Phi) is 6.49. The third-order valence-corrected chi connectivity index (χ3v) is 7.14. The molecule has 0 aliphatic carbocycles. The maximum absolute atomic E-state index is 12.6. The third kappa shape index (κ3) is 4.91. The minimum atomic E-state index is -3.75. The number of halogens is 3. The molecule has 0 spiro atoms. The Balaban J connectivity index is 1.59. The van der Waals surface area contributed by atoms with Crippen molar-refractivity contribution >= 4 is 44.8 Å². The normalized spacial score (nSPS) is 16.7. The zero-order valence-corrected chi connectivity index (χ0v) is 17.0. The number of hydrogen-bond donors (Lipinski definition) is 1. The van der Waals surface area contributed by atoms with Crippen molar-refractivity contribution in [1.82, 2.24) is 9.62 Å². The van der Waals surface area contributed by atoms with E-state index in [0.29, 0.717) is 0 Å². The molecular weight excluding hydrogens is 415 g/mol. The third-order valence-electron chi connectivity index (χ3n) is 4.42. The summed E-state index contributed by atoms with van der Waals surface area (Å²) in [5.41, 5.74) is 1.19. The second kappa shape index (κ2) is 8.46. The van der Waals surface area contributed by atoms with Crippen LogP contribution in [0, 0.1) is 0 Å². The van der Waals surface area contributed by atoms with Crippen molar-refractivity contribution in [3.05, 3.63) is 63.1 Å². The van der Waals surface area contributed by atoms with Gasteiger partial charge in [-0.3, -0.25) is 4.90 Å². The summed E-state index contributed by atoms with van der Waals surface area (Å²) in [5.74, 6) is 0. The molecule has 8 heteroatoms. The van der Waals surface area contributed by atoms with Crippen LogP contribution in [0.15, 0.2) is 47.4 Å². The maximum Gasteiger partial charge on any atom is 0.243 e. The topological polar surface area (TPSA) is 49.4 Å². The number of hydrogen-bond acceptors (Lipinski definition) is 3. The van der Waals surface area contributed by atoms with Gasteiger partial charge in [0, 0.05) is 30.7 Å². The van der Waals surface area contributed by atoms with Gasteiger partial charge in [-0.2, -0.15) is 0 Å². The zero-order valence-electron chi connectivity index (χ0n) is 14.0. The van der Waals surface area contributed by atoms with Crippen LogP contribution in [0.2, 0.25) is 15.1 Å². The van der Waals surface area contributed by atoms with Crippen LogP contribution < -0.4 is 4.72 Å². The van der Waals surface area contributed by atoms with Gasteiger partial charge in [-0.25, -0.2) is 13.1 Å². The summed E-state index contributed by atoms with van der Waals surface area (Å²) in [6.07, 6.45) is 1.46. The first-order chi connectivity index (χ1) is 12.3. The molecule has 0 atom stereocenters. The summed E-state index contributed by atoms with van der Waals surface area (Å²) in [6, 6.07) is 12.3. The lowest BCUT2D eigenvalue weighted by atomic mass is 10.1. The summed E-state index contributed by atoms with van der Waals surface area (Å²) in [6.45, 7) is 2.45. The van der Waals surface area contributed by atoms with Gasteiger partial charge in [0.2, 0.25) is 10.0 Å². The molecule has 0 amide bonds. The summed E-state index contributed by atoms with van der Waals surface area (Å²) < 4.78 is 28.0. The Hall–Kier alpha value is -0.820. The van der Waals surface area contributed by atoms with Crippen LogP contribution in [0.3, 0.4) is 0 Å². The summed E-state index contributed by atoms with van der Waals surface area (Å²) >= 11 is 18.0. The number of nitrogens with one attached hydrogen (secondary N) is 1. The van der Waals surface area contributed by atoms with Crippen LogP contribution >= 0.6 is 34.8 Å². The fourth-order valence-electron chi connectivity index (χ4n) is 3.07. The average molecular weight is 434 g/mol. The molecule has 1 N–H and O–H groups in total. The fraction of sp³-hybridized carbons (Fsp3) is 0.333. The lowest BCUT2D eigenvalue weighted by molar-refractivity contribution is 0.200. The highest BCUT2D eigenvalue weighted by atomic mass is 35.5. The van der Waals surface area contributed by atoms with Gasteiger partial charge < -0.3 is 0 Å². The molecular formula is C18H19Cl3N2O2S. The maximum atomic E-state index is 12.6. The van der Waals surface area contributed by atoms with Gasteiger partial charge in [-0.05, 0) is 42.7 Å². The first-order valence-corrected chi connectivity index (χ1v) is 10.9. The van der Waals surface area contributed by atoms with Gasteiger partial charge in [-0.15, -0.1) is 0 Å². The van der Waals surface area contributed by atoms with E-state index in [9.17, 15) is 8.42 Å². The van der Waals surface area contributed by atoms with Gasteiger partial charge in [0.25, 0.3) is 0 Å². The van der Waals surface area contributed by atoms with Gasteiger partial charge in [0.05, 0.1) is 10.0 Å². The van der Waals surface area contributed by atoms with E-state index in [4.69, 9.17) is 34.8 Å². The highest BCUT2D eigenvalue weighted by Crippen LogP contribution is 2.29. The molecule has 26 heavy (non-hydrogen) atoms. The van der Waals surface area contributed by atoms with Crippen LogP contribution in [0.1, 0.15) is 18.4 Å². The number of piperidine rings is 1. The van der Waals surface area contributed by atoms with E-state index in [1.807, 2.05) is 24.3 Å². The largest absolute Gasteiger partial charge is 0.299 e. The average Bonchev–Trinajstić information content (AvgIpc) is 2.58. The van der Waals surface area contributed by atoms with Crippen molar-refractivity contribution in [2.24, 2.45) is 0 Å². The molecule has 1 fully saturated rings. The van der Waals surface area contributed by atoms with Crippen LogP contribution in [0.5, 0.6) is 0 Å². The van der Waals surface area contributed by atoms with E-state index in [2.05, 4.69) is 9.62 Å². The molecule has 140 valence electrons. The molecule has 0 saturated carbocycles. The molecule has 0 aromatic heterocycles. The van der Waals surface area contributed by atoms with Gasteiger partial charge in [-0.1, -0.05) is 53.0 Å². The van der Waals surface area contributed by atoms with Gasteiger partial charge in [0.1, 0.15) is 4.90 Å². The van der Waals surface area contributed by atoms with Crippen molar-refractivity contribution < 1.29 is 8.42 Å². The standard InChI is InChI=1S/C18H19Cl3N2O2S/c19-14-6-4-13(5-7-14)12-23-10-8-15(9-11-23)22-26(24,25)18-16(20)2-1-3-17(18)21/h1-7,15,22H,8-12H2. The number of rotatable bonds is 5. The lowest BCUT2D eigenvalue weighted by Crippen LogP contribution is -2.44. The van der Waals surface area contributed by atoms with Crippen molar-refractivity contribution in [1.29, 1.82) is 0 Å². The predicted octanol–water partition coefficient (Wildman–Crippen LogP) is 4.59. The molecule has 1 heterocycles. The second-order valence-electron chi connectivity index (χ2n) is 6.35. The summed E-state index contributed by atoms with van der Waals surface area (Å²) in [5, 5.41) is 0.982. The van der Waals surface area contributed by atoms with Crippen molar-refractivity contribution in [3.8, 4) is 0 Å². The smallest absolute Gasteiger partial charge is 0.243 e. The molecule has 3 rings (SSSR count). The first-order valence-electron chi connectivity index (χ1n) is 8.28. The molecule has 2 aromatic rings. The molecule has 2 aromatic carbocycles. The van der Waals surface area contributed by atoms with Crippen LogP contribution in [-0.4, -0.2) is 32.4 Å². The SMILES string of the molecule is O=S(=O)(NC1CCN(Cc2ccc(Cl)cc2)CC1)c1c(Cl)cccc1Cl. The van der Waals surface area contributed by atoms with Crippen molar-refractivity contribution in [2.75, 3.05) is 13.1 Å². The minimum absolute atomic E-state index is 0.0491. The fourth-order valence-corrected chi connectivity index (χ4v) is 5.65. The highest BCUT2D eigenvalue weighted by Gasteiger charge is 2.27. The molecule has 0 radical (unpaired) electrons. The van der Waals surface area contributed by atoms with Crippen LogP contribution in [0.25, 0.3) is 0 Å². The Morgan fingerprint density at radius 3 is 2.12 bits per heavy atom. The Bertz CT molecular complexity index is 844.